The van der Waals surface area contributed by atoms with Gasteiger partial charge in [0.05, 0.1) is 6.61 Å². The lowest BCUT2D eigenvalue weighted by Gasteiger charge is -2.11. The van der Waals surface area contributed by atoms with Gasteiger partial charge in [-0.2, -0.15) is 0 Å². The monoisotopic (exact) mass is 155 g/mol. The standard InChI is InChI=1S/C8H13NO2/c1-5(10)8-7-3-9-2-6(7)4-11-8/h6-9H,2-4H2,1H3. The van der Waals surface area contributed by atoms with E-state index in [0.29, 0.717) is 11.8 Å². The smallest absolute Gasteiger partial charge is 0.158 e. The molecule has 1 N–H and O–H groups in total. The lowest BCUT2D eigenvalue weighted by molar-refractivity contribution is -0.127. The number of carbonyl (C=O) groups excluding carboxylic acids is 1. The van der Waals surface area contributed by atoms with Crippen molar-refractivity contribution in [2.45, 2.75) is 13.0 Å². The van der Waals surface area contributed by atoms with Gasteiger partial charge in [0.15, 0.2) is 5.78 Å². The van der Waals surface area contributed by atoms with Crippen molar-refractivity contribution in [3.05, 3.63) is 0 Å². The predicted octanol–water partition coefficient (Wildman–Crippen LogP) is -0.190. The van der Waals surface area contributed by atoms with Crippen molar-refractivity contribution >= 4 is 5.78 Å². The van der Waals surface area contributed by atoms with Crippen LogP contribution in [-0.2, 0) is 9.53 Å². The Morgan fingerprint density at radius 1 is 1.55 bits per heavy atom. The Morgan fingerprint density at radius 3 is 3.09 bits per heavy atom. The molecule has 0 aliphatic carbocycles. The molecular weight excluding hydrogens is 142 g/mol. The number of Topliss-reactive ketones (excluding diaryl/α,β-unsaturated/α-hetero) is 1. The van der Waals surface area contributed by atoms with Crippen LogP contribution >= 0.6 is 0 Å². The molecule has 0 amide bonds. The molecular formula is C8H13NO2. The van der Waals surface area contributed by atoms with E-state index in [0.717, 1.165) is 19.7 Å². The number of fused-ring (bicyclic) bond motifs is 1. The first kappa shape index (κ1) is 7.25. The Bertz CT molecular complexity index is 181. The van der Waals surface area contributed by atoms with E-state index in [4.69, 9.17) is 4.74 Å². The Hall–Kier alpha value is -0.410. The Labute approximate surface area is 66.1 Å². The molecule has 3 nitrogen and oxygen atoms in total. The first-order valence-corrected chi connectivity index (χ1v) is 4.12. The van der Waals surface area contributed by atoms with Crippen LogP contribution in [-0.4, -0.2) is 31.6 Å². The average Bonchev–Trinajstić information content (AvgIpc) is 2.41. The van der Waals surface area contributed by atoms with Crippen molar-refractivity contribution in [2.24, 2.45) is 11.8 Å². The molecule has 0 radical (unpaired) electrons. The average molecular weight is 155 g/mol. The van der Waals surface area contributed by atoms with Crippen LogP contribution in [0, 0.1) is 11.8 Å². The minimum absolute atomic E-state index is 0.116. The van der Waals surface area contributed by atoms with Crippen LogP contribution in [0.15, 0.2) is 0 Å². The molecule has 0 aromatic heterocycles. The van der Waals surface area contributed by atoms with E-state index in [-0.39, 0.29) is 11.9 Å². The second kappa shape index (κ2) is 2.57. The summed E-state index contributed by atoms with van der Waals surface area (Å²) in [4.78, 5) is 11.0. The summed E-state index contributed by atoms with van der Waals surface area (Å²) in [6.45, 7) is 4.36. The molecule has 0 spiro atoms. The van der Waals surface area contributed by atoms with Crippen LogP contribution in [0.1, 0.15) is 6.92 Å². The molecule has 2 saturated heterocycles. The third-order valence-electron chi connectivity index (χ3n) is 2.67. The molecule has 11 heavy (non-hydrogen) atoms. The number of ether oxygens (including phenoxy) is 1. The van der Waals surface area contributed by atoms with E-state index in [1.165, 1.54) is 0 Å². The molecule has 2 aliphatic rings. The van der Waals surface area contributed by atoms with Crippen molar-refractivity contribution < 1.29 is 9.53 Å². The van der Waals surface area contributed by atoms with Crippen LogP contribution in [0.3, 0.4) is 0 Å². The fourth-order valence-electron chi connectivity index (χ4n) is 2.06. The number of carbonyl (C=O) groups is 1. The Morgan fingerprint density at radius 2 is 2.36 bits per heavy atom. The molecule has 2 aliphatic heterocycles. The van der Waals surface area contributed by atoms with E-state index in [1.54, 1.807) is 6.92 Å². The quantitative estimate of drug-likeness (QED) is 0.570. The fraction of sp³-hybridized carbons (Fsp3) is 0.875. The zero-order valence-corrected chi connectivity index (χ0v) is 6.67. The second-order valence-corrected chi connectivity index (χ2v) is 3.45. The number of rotatable bonds is 1. The van der Waals surface area contributed by atoms with Crippen molar-refractivity contribution in [1.82, 2.24) is 5.32 Å². The van der Waals surface area contributed by atoms with Crippen molar-refractivity contribution in [1.29, 1.82) is 0 Å². The molecule has 0 saturated carbocycles. The van der Waals surface area contributed by atoms with Gasteiger partial charge in [-0.05, 0) is 6.92 Å². The highest BCUT2D eigenvalue weighted by atomic mass is 16.5. The van der Waals surface area contributed by atoms with Gasteiger partial charge in [0.2, 0.25) is 0 Å². The summed E-state index contributed by atoms with van der Waals surface area (Å²) in [5.41, 5.74) is 0. The topological polar surface area (TPSA) is 38.3 Å². The predicted molar refractivity (Wildman–Crippen MR) is 40.3 cm³/mol. The van der Waals surface area contributed by atoms with Crippen LogP contribution < -0.4 is 5.32 Å². The van der Waals surface area contributed by atoms with Gasteiger partial charge in [-0.3, -0.25) is 4.79 Å². The molecule has 0 aromatic rings. The van der Waals surface area contributed by atoms with Gasteiger partial charge in [0.1, 0.15) is 6.10 Å². The van der Waals surface area contributed by atoms with E-state index in [9.17, 15) is 4.79 Å². The third kappa shape index (κ3) is 1.08. The highest BCUT2D eigenvalue weighted by molar-refractivity contribution is 5.81. The number of hydrogen-bond donors (Lipinski definition) is 1. The number of nitrogens with one attached hydrogen (secondary N) is 1. The van der Waals surface area contributed by atoms with Gasteiger partial charge in [0, 0.05) is 24.9 Å². The van der Waals surface area contributed by atoms with Crippen molar-refractivity contribution in [3.8, 4) is 0 Å². The second-order valence-electron chi connectivity index (χ2n) is 3.45. The van der Waals surface area contributed by atoms with Crippen LogP contribution in [0.5, 0.6) is 0 Å². The summed E-state index contributed by atoms with van der Waals surface area (Å²) in [5, 5.41) is 3.28. The van der Waals surface area contributed by atoms with E-state index < -0.39 is 0 Å². The van der Waals surface area contributed by atoms with Gasteiger partial charge in [-0.25, -0.2) is 0 Å². The van der Waals surface area contributed by atoms with Gasteiger partial charge in [-0.15, -0.1) is 0 Å². The van der Waals surface area contributed by atoms with Gasteiger partial charge in [0.25, 0.3) is 0 Å². The third-order valence-corrected chi connectivity index (χ3v) is 2.67. The molecule has 0 aromatic carbocycles. The SMILES string of the molecule is CC(=O)C1OCC2CNCC21. The molecule has 62 valence electrons. The van der Waals surface area contributed by atoms with E-state index >= 15 is 0 Å². The van der Waals surface area contributed by atoms with Crippen LogP contribution in [0.25, 0.3) is 0 Å². The van der Waals surface area contributed by atoms with Gasteiger partial charge >= 0.3 is 0 Å². The zero-order chi connectivity index (χ0) is 7.84. The summed E-state index contributed by atoms with van der Waals surface area (Å²) in [7, 11) is 0. The normalized spacial score (nSPS) is 42.5. The summed E-state index contributed by atoms with van der Waals surface area (Å²) in [6.07, 6.45) is -0.116. The molecule has 3 heteroatoms. The maximum Gasteiger partial charge on any atom is 0.158 e. The number of hydrogen-bond acceptors (Lipinski definition) is 3. The lowest BCUT2D eigenvalue weighted by Crippen LogP contribution is -2.28. The molecule has 3 unspecified atom stereocenters. The molecule has 2 fully saturated rings. The molecule has 0 bridgehead atoms. The highest BCUT2D eigenvalue weighted by Gasteiger charge is 2.42. The Balaban J connectivity index is 2.08. The maximum absolute atomic E-state index is 11.0. The lowest BCUT2D eigenvalue weighted by atomic mass is 9.93. The van der Waals surface area contributed by atoms with Gasteiger partial charge < -0.3 is 10.1 Å². The van der Waals surface area contributed by atoms with Crippen molar-refractivity contribution in [2.75, 3.05) is 19.7 Å². The fourth-order valence-corrected chi connectivity index (χ4v) is 2.06. The summed E-state index contributed by atoms with van der Waals surface area (Å²) in [6, 6.07) is 0. The summed E-state index contributed by atoms with van der Waals surface area (Å²) >= 11 is 0. The van der Waals surface area contributed by atoms with Gasteiger partial charge in [-0.1, -0.05) is 0 Å². The number of ketones is 1. The van der Waals surface area contributed by atoms with Crippen LogP contribution in [0.4, 0.5) is 0 Å². The molecule has 2 heterocycles. The first-order chi connectivity index (χ1) is 5.29. The summed E-state index contributed by atoms with van der Waals surface area (Å²) in [5.74, 6) is 1.22. The maximum atomic E-state index is 11.0. The minimum atomic E-state index is -0.116. The van der Waals surface area contributed by atoms with E-state index in [2.05, 4.69) is 5.32 Å². The van der Waals surface area contributed by atoms with Crippen LogP contribution in [0.2, 0.25) is 0 Å². The van der Waals surface area contributed by atoms with Crippen molar-refractivity contribution in [3.63, 3.8) is 0 Å². The zero-order valence-electron chi connectivity index (χ0n) is 6.67. The molecule has 3 atom stereocenters. The molecule has 2 rings (SSSR count). The van der Waals surface area contributed by atoms with E-state index in [1.807, 2.05) is 0 Å². The minimum Gasteiger partial charge on any atom is -0.370 e. The highest BCUT2D eigenvalue weighted by Crippen LogP contribution is 2.30. The summed E-state index contributed by atoms with van der Waals surface area (Å²) < 4.78 is 5.39. The Kier molecular flexibility index (Phi) is 1.69. The largest absolute Gasteiger partial charge is 0.370 e. The first-order valence-electron chi connectivity index (χ1n) is 4.12.